The standard InChI is InChI=1S/C5H11N2S.Rb/c1-6-2-4-7(8)5-3-6;/h2-5H2,1H3;/q-1;+1. The van der Waals surface area contributed by atoms with Crippen LogP contribution in [0.3, 0.4) is 0 Å². The van der Waals surface area contributed by atoms with E-state index < -0.39 is 0 Å². The second-order valence-corrected chi connectivity index (χ2v) is 2.75. The zero-order valence-corrected chi connectivity index (χ0v) is 11.9. The van der Waals surface area contributed by atoms with Crippen LogP contribution in [0.1, 0.15) is 0 Å². The van der Waals surface area contributed by atoms with Crippen molar-refractivity contribution < 1.29 is 58.2 Å². The van der Waals surface area contributed by atoms with E-state index >= 15 is 0 Å². The third-order valence-electron chi connectivity index (χ3n) is 1.46. The van der Waals surface area contributed by atoms with E-state index in [0.29, 0.717) is 0 Å². The van der Waals surface area contributed by atoms with Gasteiger partial charge in [-0.2, -0.15) is 0 Å². The van der Waals surface area contributed by atoms with E-state index in [1.54, 1.807) is 0 Å². The molecule has 0 bridgehead atoms. The molecule has 9 heavy (non-hydrogen) atoms. The van der Waals surface area contributed by atoms with Gasteiger partial charge in [0.25, 0.3) is 0 Å². The van der Waals surface area contributed by atoms with Crippen LogP contribution < -0.4 is 58.2 Å². The first kappa shape index (κ1) is 11.1. The molecule has 1 aliphatic rings. The third-order valence-corrected chi connectivity index (χ3v) is 1.83. The van der Waals surface area contributed by atoms with Gasteiger partial charge in [-0.25, -0.2) is 0 Å². The zero-order chi connectivity index (χ0) is 5.98. The van der Waals surface area contributed by atoms with E-state index in [4.69, 9.17) is 12.8 Å². The van der Waals surface area contributed by atoms with E-state index in [1.165, 1.54) is 0 Å². The van der Waals surface area contributed by atoms with Crippen LogP contribution in [0.5, 0.6) is 0 Å². The van der Waals surface area contributed by atoms with Crippen molar-refractivity contribution in [2.75, 3.05) is 33.2 Å². The summed E-state index contributed by atoms with van der Waals surface area (Å²) in [5, 5.41) is 0. The van der Waals surface area contributed by atoms with E-state index in [2.05, 4.69) is 11.9 Å². The van der Waals surface area contributed by atoms with Gasteiger partial charge in [-0.05, 0) is 20.1 Å². The van der Waals surface area contributed by atoms with Crippen molar-refractivity contribution in [3.63, 3.8) is 0 Å². The second-order valence-electron chi connectivity index (χ2n) is 2.23. The first-order valence-corrected chi connectivity index (χ1v) is 3.26. The smallest absolute Gasteiger partial charge is 0.702 e. The van der Waals surface area contributed by atoms with Gasteiger partial charge in [-0.15, -0.1) is 0 Å². The molecule has 1 rings (SSSR count). The minimum atomic E-state index is 0. The Kier molecular flexibility index (Phi) is 7.00. The van der Waals surface area contributed by atoms with Crippen molar-refractivity contribution in [1.29, 1.82) is 0 Å². The van der Waals surface area contributed by atoms with Gasteiger partial charge in [0.2, 0.25) is 0 Å². The number of piperazine rings is 1. The normalized spacial score (nSPS) is 23.3. The van der Waals surface area contributed by atoms with Crippen LogP contribution >= 0.6 is 0 Å². The van der Waals surface area contributed by atoms with Crippen LogP contribution in [0.2, 0.25) is 0 Å². The molecule has 0 aromatic rings. The summed E-state index contributed by atoms with van der Waals surface area (Å²) in [7, 11) is 2.13. The largest absolute Gasteiger partial charge is 1.00 e. The summed E-state index contributed by atoms with van der Waals surface area (Å²) in [6.45, 7) is 4.35. The molecule has 0 saturated carbocycles. The van der Waals surface area contributed by atoms with Crippen LogP contribution in [0.25, 0.3) is 0 Å². The average molecular weight is 217 g/mol. The third kappa shape index (κ3) is 4.51. The molecule has 0 aromatic carbocycles. The number of nitrogens with zero attached hydrogens (tertiary/aromatic N) is 2. The molecule has 1 fully saturated rings. The van der Waals surface area contributed by atoms with Crippen molar-refractivity contribution in [2.24, 2.45) is 0 Å². The molecule has 2 nitrogen and oxygen atoms in total. The maximum absolute atomic E-state index is 4.95. The van der Waals surface area contributed by atoms with E-state index in [0.717, 1.165) is 26.2 Å². The summed E-state index contributed by atoms with van der Waals surface area (Å²) in [5.74, 6) is 0. The Morgan fingerprint density at radius 2 is 1.56 bits per heavy atom. The Hall–Kier alpha value is 2.08. The summed E-state index contributed by atoms with van der Waals surface area (Å²) in [4.78, 5) is 2.29. The molecule has 0 N–H and O–H groups in total. The van der Waals surface area contributed by atoms with Gasteiger partial charge in [-0.1, -0.05) is 0 Å². The molecule has 4 heteroatoms. The van der Waals surface area contributed by atoms with Crippen LogP contribution in [0, 0.1) is 0 Å². The minimum Gasteiger partial charge on any atom is -0.702 e. The molecule has 0 unspecified atom stereocenters. The Morgan fingerprint density at radius 1 is 1.11 bits per heavy atom. The van der Waals surface area contributed by atoms with Gasteiger partial charge >= 0.3 is 58.2 Å². The van der Waals surface area contributed by atoms with Gasteiger partial charge in [0.1, 0.15) is 0 Å². The molecule has 48 valence electrons. The number of hydrogen-bond donors (Lipinski definition) is 0. The number of rotatable bonds is 0. The van der Waals surface area contributed by atoms with Crippen molar-refractivity contribution in [2.45, 2.75) is 0 Å². The zero-order valence-electron chi connectivity index (χ0n) is 6.13. The van der Waals surface area contributed by atoms with Gasteiger partial charge in [0.15, 0.2) is 0 Å². The van der Waals surface area contributed by atoms with E-state index in [9.17, 15) is 0 Å². The van der Waals surface area contributed by atoms with Crippen molar-refractivity contribution in [3.8, 4) is 0 Å². The predicted molar refractivity (Wildman–Crippen MR) is 36.4 cm³/mol. The van der Waals surface area contributed by atoms with Crippen molar-refractivity contribution >= 4 is 12.8 Å². The molecule has 0 spiro atoms. The average Bonchev–Trinajstić information content (AvgIpc) is 1.77. The first-order chi connectivity index (χ1) is 3.79. The van der Waals surface area contributed by atoms with Crippen molar-refractivity contribution in [1.82, 2.24) is 9.21 Å². The minimum absolute atomic E-state index is 0. The monoisotopic (exact) mass is 216 g/mol. The topological polar surface area (TPSA) is 6.48 Å². The Morgan fingerprint density at radius 3 is 1.89 bits per heavy atom. The molecular weight excluding hydrogens is 206 g/mol. The summed E-state index contributed by atoms with van der Waals surface area (Å²) in [5.41, 5.74) is 0. The fourth-order valence-electron chi connectivity index (χ4n) is 0.788. The SMILES string of the molecule is CN1CCN([S-])CC1.[Rb+]. The van der Waals surface area contributed by atoms with E-state index in [-0.39, 0.29) is 58.2 Å². The summed E-state index contributed by atoms with van der Waals surface area (Å²) >= 11 is 4.95. The van der Waals surface area contributed by atoms with Crippen LogP contribution in [-0.2, 0) is 12.8 Å². The van der Waals surface area contributed by atoms with Gasteiger partial charge in [-0.3, -0.25) is 0 Å². The van der Waals surface area contributed by atoms with Crippen molar-refractivity contribution in [3.05, 3.63) is 0 Å². The molecule has 0 aliphatic carbocycles. The van der Waals surface area contributed by atoms with Gasteiger partial charge in [0.05, 0.1) is 0 Å². The molecule has 1 saturated heterocycles. The molecule has 0 radical (unpaired) electrons. The molecular formula is C5H11N2RbS. The molecule has 1 heterocycles. The number of hydrogen-bond acceptors (Lipinski definition) is 3. The summed E-state index contributed by atoms with van der Waals surface area (Å²) < 4.78 is 1.94. The molecule has 0 atom stereocenters. The van der Waals surface area contributed by atoms with Gasteiger partial charge in [0, 0.05) is 13.1 Å². The van der Waals surface area contributed by atoms with Crippen LogP contribution in [0.15, 0.2) is 0 Å². The molecule has 0 amide bonds. The summed E-state index contributed by atoms with van der Waals surface area (Å²) in [6, 6.07) is 0. The van der Waals surface area contributed by atoms with E-state index in [1.807, 2.05) is 4.31 Å². The second kappa shape index (κ2) is 5.69. The molecule has 1 aliphatic heterocycles. The van der Waals surface area contributed by atoms with Crippen LogP contribution in [-0.4, -0.2) is 42.4 Å². The fourth-order valence-corrected chi connectivity index (χ4v) is 0.951. The maximum atomic E-state index is 4.95. The number of likely N-dealkylation sites (N-methyl/N-ethyl adjacent to an activating group) is 1. The Balaban J connectivity index is 0.000000640. The fraction of sp³-hybridized carbons (Fsp3) is 1.00. The predicted octanol–water partition coefficient (Wildman–Crippen LogP) is -3.30. The molecule has 0 aromatic heterocycles. The Labute approximate surface area is 111 Å². The van der Waals surface area contributed by atoms with Crippen LogP contribution in [0.4, 0.5) is 0 Å². The first-order valence-electron chi connectivity index (χ1n) is 2.89. The maximum Gasteiger partial charge on any atom is 1.00 e. The quantitative estimate of drug-likeness (QED) is 0.392. The Bertz CT molecular complexity index is 63.4. The van der Waals surface area contributed by atoms with Gasteiger partial charge < -0.3 is 22.0 Å². The summed E-state index contributed by atoms with van der Waals surface area (Å²) in [6.07, 6.45) is 0.